The highest BCUT2D eigenvalue weighted by molar-refractivity contribution is 5.86. The first-order valence-corrected chi connectivity index (χ1v) is 11.5. The standard InChI is InChI=1S/C28H30N2O3/c1-17-6-5-7-25(18(17)2)33-16-20-14-19(8-11-26(20)32-4)27-28-22(12-13-29-27)23-15-21(31-3)9-10-24(23)30-28/h5-11,14-15,27,29-30H,12-13,16H2,1-4H3/p+1/t27-/m1/s1. The summed E-state index contributed by atoms with van der Waals surface area (Å²) >= 11 is 0. The van der Waals surface area contributed by atoms with Crippen LogP contribution in [-0.2, 0) is 13.0 Å². The first kappa shape index (κ1) is 21.4. The van der Waals surface area contributed by atoms with Gasteiger partial charge in [0.2, 0.25) is 0 Å². The molecular formula is C28H31N2O3+. The molecule has 0 spiro atoms. The molecule has 0 bridgehead atoms. The number of aryl methyl sites for hydroxylation is 1. The zero-order valence-corrected chi connectivity index (χ0v) is 19.7. The molecule has 1 aliphatic heterocycles. The molecule has 33 heavy (non-hydrogen) atoms. The van der Waals surface area contributed by atoms with E-state index in [0.29, 0.717) is 6.61 Å². The second-order valence-electron chi connectivity index (χ2n) is 8.74. The van der Waals surface area contributed by atoms with Crippen molar-refractivity contribution in [3.63, 3.8) is 0 Å². The number of rotatable bonds is 6. The molecule has 2 heterocycles. The molecule has 0 saturated heterocycles. The van der Waals surface area contributed by atoms with Gasteiger partial charge in [0.05, 0.1) is 26.5 Å². The third-order valence-corrected chi connectivity index (χ3v) is 6.86. The van der Waals surface area contributed by atoms with E-state index in [9.17, 15) is 0 Å². The van der Waals surface area contributed by atoms with Crippen molar-refractivity contribution in [2.45, 2.75) is 32.9 Å². The van der Waals surface area contributed by atoms with E-state index in [1.54, 1.807) is 14.2 Å². The van der Waals surface area contributed by atoms with Gasteiger partial charge in [-0.1, -0.05) is 12.1 Å². The highest BCUT2D eigenvalue weighted by Crippen LogP contribution is 2.34. The SMILES string of the molecule is COc1ccc2[nH]c3c(c2c1)CC[NH2+][C@@H]3c1ccc(OC)c(COc2cccc(C)c2C)c1. The second kappa shape index (κ2) is 8.83. The number of ether oxygens (including phenoxy) is 3. The van der Waals surface area contributed by atoms with Crippen LogP contribution in [0, 0.1) is 13.8 Å². The van der Waals surface area contributed by atoms with Crippen LogP contribution in [0.25, 0.3) is 10.9 Å². The Morgan fingerprint density at radius 1 is 0.970 bits per heavy atom. The van der Waals surface area contributed by atoms with Crippen molar-refractivity contribution in [2.24, 2.45) is 0 Å². The average molecular weight is 444 g/mol. The molecule has 0 saturated carbocycles. The van der Waals surface area contributed by atoms with E-state index in [4.69, 9.17) is 14.2 Å². The molecule has 5 rings (SSSR count). The summed E-state index contributed by atoms with van der Waals surface area (Å²) in [4.78, 5) is 3.69. The van der Waals surface area contributed by atoms with Crippen molar-refractivity contribution in [1.29, 1.82) is 0 Å². The van der Waals surface area contributed by atoms with Crippen LogP contribution in [0.2, 0.25) is 0 Å². The number of aromatic amines is 1. The van der Waals surface area contributed by atoms with Gasteiger partial charge in [-0.2, -0.15) is 0 Å². The van der Waals surface area contributed by atoms with E-state index in [1.807, 2.05) is 18.2 Å². The number of benzene rings is 3. The molecule has 4 aromatic rings. The van der Waals surface area contributed by atoms with Crippen molar-refractivity contribution < 1.29 is 19.5 Å². The van der Waals surface area contributed by atoms with Crippen LogP contribution in [0.5, 0.6) is 17.2 Å². The summed E-state index contributed by atoms with van der Waals surface area (Å²) in [7, 11) is 3.43. The number of quaternary nitrogens is 1. The lowest BCUT2D eigenvalue weighted by atomic mass is 9.93. The Labute approximate surface area is 194 Å². The number of H-pyrrole nitrogens is 1. The quantitative estimate of drug-likeness (QED) is 0.458. The molecule has 0 amide bonds. The third-order valence-electron chi connectivity index (χ3n) is 6.86. The summed E-state index contributed by atoms with van der Waals surface area (Å²) in [6.45, 7) is 5.71. The van der Waals surface area contributed by atoms with Crippen LogP contribution in [0.1, 0.15) is 39.6 Å². The summed E-state index contributed by atoms with van der Waals surface area (Å²) in [6.07, 6.45) is 1.04. The predicted octanol–water partition coefficient (Wildman–Crippen LogP) is 4.59. The van der Waals surface area contributed by atoms with Gasteiger partial charge in [0.25, 0.3) is 0 Å². The number of nitrogens with one attached hydrogen (secondary N) is 1. The Bertz CT molecular complexity index is 1310. The summed E-state index contributed by atoms with van der Waals surface area (Å²) < 4.78 is 17.3. The number of fused-ring (bicyclic) bond motifs is 3. The molecule has 0 radical (unpaired) electrons. The fourth-order valence-electron chi connectivity index (χ4n) is 4.87. The van der Waals surface area contributed by atoms with Gasteiger partial charge < -0.3 is 24.5 Å². The van der Waals surface area contributed by atoms with Gasteiger partial charge in [0.15, 0.2) is 6.04 Å². The van der Waals surface area contributed by atoms with Crippen molar-refractivity contribution in [3.8, 4) is 17.2 Å². The van der Waals surface area contributed by atoms with E-state index in [0.717, 1.165) is 41.3 Å². The van der Waals surface area contributed by atoms with Crippen LogP contribution in [-0.4, -0.2) is 25.7 Å². The van der Waals surface area contributed by atoms with Gasteiger partial charge in [0.1, 0.15) is 23.9 Å². The lowest BCUT2D eigenvalue weighted by Crippen LogP contribution is -2.87. The van der Waals surface area contributed by atoms with Crippen LogP contribution >= 0.6 is 0 Å². The number of methoxy groups -OCH3 is 2. The molecule has 0 unspecified atom stereocenters. The summed E-state index contributed by atoms with van der Waals surface area (Å²) in [5.74, 6) is 2.66. The number of hydrogen-bond acceptors (Lipinski definition) is 3. The number of aromatic nitrogens is 1. The van der Waals surface area contributed by atoms with Gasteiger partial charge >= 0.3 is 0 Å². The lowest BCUT2D eigenvalue weighted by molar-refractivity contribution is -0.690. The molecule has 170 valence electrons. The Kier molecular flexibility index (Phi) is 5.73. The largest absolute Gasteiger partial charge is 0.497 e. The van der Waals surface area contributed by atoms with Gasteiger partial charge in [-0.25, -0.2) is 0 Å². The normalized spacial score (nSPS) is 15.3. The highest BCUT2D eigenvalue weighted by Gasteiger charge is 2.29. The van der Waals surface area contributed by atoms with Gasteiger partial charge in [-0.05, 0) is 73.0 Å². The fourth-order valence-corrected chi connectivity index (χ4v) is 4.87. The molecule has 0 aliphatic carbocycles. The highest BCUT2D eigenvalue weighted by atomic mass is 16.5. The molecule has 5 heteroatoms. The van der Waals surface area contributed by atoms with Gasteiger partial charge in [-0.3, -0.25) is 0 Å². The van der Waals surface area contributed by atoms with Crippen molar-refractivity contribution in [3.05, 3.63) is 88.1 Å². The Morgan fingerprint density at radius 3 is 2.67 bits per heavy atom. The maximum absolute atomic E-state index is 6.22. The van der Waals surface area contributed by atoms with Gasteiger partial charge in [-0.15, -0.1) is 0 Å². The Balaban J connectivity index is 1.49. The molecule has 5 nitrogen and oxygen atoms in total. The molecule has 1 aromatic heterocycles. The van der Waals surface area contributed by atoms with Crippen LogP contribution in [0.3, 0.4) is 0 Å². The summed E-state index contributed by atoms with van der Waals surface area (Å²) in [5, 5.41) is 3.67. The van der Waals surface area contributed by atoms with Crippen molar-refractivity contribution in [2.75, 3.05) is 20.8 Å². The Morgan fingerprint density at radius 2 is 1.85 bits per heavy atom. The first-order chi connectivity index (χ1) is 16.1. The third kappa shape index (κ3) is 3.93. The molecule has 3 N–H and O–H groups in total. The second-order valence-corrected chi connectivity index (χ2v) is 8.74. The average Bonchev–Trinajstić information content (AvgIpc) is 3.22. The topological polar surface area (TPSA) is 60.1 Å². The lowest BCUT2D eigenvalue weighted by Gasteiger charge is -2.23. The summed E-state index contributed by atoms with van der Waals surface area (Å²) in [5.41, 5.74) is 8.52. The first-order valence-electron chi connectivity index (χ1n) is 11.5. The zero-order chi connectivity index (χ0) is 22.9. The molecule has 1 aliphatic rings. The molecular weight excluding hydrogens is 412 g/mol. The van der Waals surface area contributed by atoms with E-state index in [-0.39, 0.29) is 6.04 Å². The minimum absolute atomic E-state index is 0.206. The fraction of sp³-hybridized carbons (Fsp3) is 0.286. The maximum Gasteiger partial charge on any atom is 0.153 e. The minimum Gasteiger partial charge on any atom is -0.497 e. The number of hydrogen-bond donors (Lipinski definition) is 2. The van der Waals surface area contributed by atoms with E-state index in [1.165, 1.54) is 33.3 Å². The molecule has 1 atom stereocenters. The maximum atomic E-state index is 6.22. The molecule has 3 aromatic carbocycles. The Hall–Kier alpha value is -3.44. The smallest absolute Gasteiger partial charge is 0.153 e. The number of nitrogens with two attached hydrogens (primary N) is 1. The van der Waals surface area contributed by atoms with E-state index < -0.39 is 0 Å². The monoisotopic (exact) mass is 443 g/mol. The summed E-state index contributed by atoms with van der Waals surface area (Å²) in [6, 6.07) is 19.1. The van der Waals surface area contributed by atoms with Gasteiger partial charge in [0, 0.05) is 28.5 Å². The van der Waals surface area contributed by atoms with Crippen LogP contribution in [0.15, 0.2) is 54.6 Å². The van der Waals surface area contributed by atoms with E-state index >= 15 is 0 Å². The van der Waals surface area contributed by atoms with Crippen molar-refractivity contribution in [1.82, 2.24) is 4.98 Å². The zero-order valence-electron chi connectivity index (χ0n) is 19.7. The molecule has 0 fully saturated rings. The predicted molar refractivity (Wildman–Crippen MR) is 130 cm³/mol. The van der Waals surface area contributed by atoms with Crippen molar-refractivity contribution >= 4 is 10.9 Å². The van der Waals surface area contributed by atoms with E-state index in [2.05, 4.69) is 60.5 Å². The van der Waals surface area contributed by atoms with Crippen LogP contribution in [0.4, 0.5) is 0 Å². The minimum atomic E-state index is 0.206. The van der Waals surface area contributed by atoms with Crippen LogP contribution < -0.4 is 19.5 Å².